The number of ketones is 1. The smallest absolute Gasteiger partial charge is 0.336 e. The number of rotatable bonds is 3. The van der Waals surface area contributed by atoms with Crippen LogP contribution in [0.1, 0.15) is 34.5 Å². The predicted molar refractivity (Wildman–Crippen MR) is 117 cm³/mol. The van der Waals surface area contributed by atoms with Crippen molar-refractivity contribution in [3.63, 3.8) is 0 Å². The highest BCUT2D eigenvalue weighted by molar-refractivity contribution is 6.30. The lowest BCUT2D eigenvalue weighted by Gasteiger charge is -2.27. The van der Waals surface area contributed by atoms with E-state index in [-0.39, 0.29) is 5.78 Å². The molecule has 1 unspecified atom stereocenters. The van der Waals surface area contributed by atoms with Crippen LogP contribution in [0.5, 0.6) is 0 Å². The van der Waals surface area contributed by atoms with Crippen LogP contribution in [0.15, 0.2) is 81.9 Å². The van der Waals surface area contributed by atoms with Gasteiger partial charge in [0.2, 0.25) is 0 Å². The van der Waals surface area contributed by atoms with Crippen molar-refractivity contribution < 1.29 is 18.7 Å². The Balaban J connectivity index is 1.67. The largest absolute Gasteiger partial charge is 0.466 e. The van der Waals surface area contributed by atoms with E-state index in [1.807, 2.05) is 36.4 Å². The first-order valence-electron chi connectivity index (χ1n) is 9.79. The van der Waals surface area contributed by atoms with Crippen LogP contribution in [0.3, 0.4) is 0 Å². The van der Waals surface area contributed by atoms with Crippen molar-refractivity contribution in [2.24, 2.45) is 0 Å². The van der Waals surface area contributed by atoms with Crippen LogP contribution in [-0.2, 0) is 9.53 Å². The van der Waals surface area contributed by atoms with E-state index in [0.29, 0.717) is 44.6 Å². The number of carbonyl (C=O) groups is 2. The maximum absolute atomic E-state index is 13.4. The van der Waals surface area contributed by atoms with Gasteiger partial charge in [0.1, 0.15) is 11.5 Å². The van der Waals surface area contributed by atoms with Gasteiger partial charge in [-0.25, -0.2) is 4.79 Å². The van der Waals surface area contributed by atoms with Crippen LogP contribution in [-0.4, -0.2) is 18.9 Å². The molecular weight excluding hydrogens is 414 g/mol. The second-order valence-electron chi connectivity index (χ2n) is 7.46. The molecule has 31 heavy (non-hydrogen) atoms. The monoisotopic (exact) mass is 431 g/mol. The molecule has 1 aliphatic carbocycles. The number of nitrogens with one attached hydrogen (secondary N) is 1. The molecule has 0 radical (unpaired) electrons. The van der Waals surface area contributed by atoms with Crippen molar-refractivity contribution in [1.29, 1.82) is 0 Å². The third kappa shape index (κ3) is 3.01. The Labute approximate surface area is 184 Å². The van der Waals surface area contributed by atoms with Crippen molar-refractivity contribution in [3.8, 4) is 11.3 Å². The fourth-order valence-corrected chi connectivity index (χ4v) is 4.40. The summed E-state index contributed by atoms with van der Waals surface area (Å²) in [6.07, 6.45) is 0. The topological polar surface area (TPSA) is 68.5 Å². The molecule has 1 atom stereocenters. The first-order chi connectivity index (χ1) is 15.0. The second-order valence-corrected chi connectivity index (χ2v) is 7.90. The summed E-state index contributed by atoms with van der Waals surface area (Å²) in [5, 5.41) is 3.89. The minimum Gasteiger partial charge on any atom is -0.466 e. The normalized spacial score (nSPS) is 17.4. The third-order valence-corrected chi connectivity index (χ3v) is 5.95. The molecule has 2 aliphatic rings. The first-order valence-corrected chi connectivity index (χ1v) is 10.2. The number of methoxy groups -OCH3 is 1. The number of Topliss-reactive ketones (excluding diaryl/α,β-unsaturated/α-hetero) is 1. The molecular formula is C25H18ClNO4. The minimum atomic E-state index is -0.676. The summed E-state index contributed by atoms with van der Waals surface area (Å²) in [6, 6.07) is 18.3. The fraction of sp³-hybridized carbons (Fsp3) is 0.120. The van der Waals surface area contributed by atoms with Crippen molar-refractivity contribution in [2.75, 3.05) is 7.11 Å². The lowest BCUT2D eigenvalue weighted by molar-refractivity contribution is -0.136. The van der Waals surface area contributed by atoms with Crippen molar-refractivity contribution in [2.45, 2.75) is 12.8 Å². The Hall–Kier alpha value is -3.57. The Morgan fingerprint density at radius 1 is 1.03 bits per heavy atom. The number of halogens is 1. The zero-order valence-corrected chi connectivity index (χ0v) is 17.6. The zero-order chi connectivity index (χ0) is 21.7. The van der Waals surface area contributed by atoms with E-state index in [9.17, 15) is 9.59 Å². The molecule has 1 N–H and O–H groups in total. The third-order valence-electron chi connectivity index (χ3n) is 5.69. The van der Waals surface area contributed by atoms with Crippen LogP contribution in [0.2, 0.25) is 5.02 Å². The molecule has 0 fully saturated rings. The van der Waals surface area contributed by atoms with E-state index in [1.54, 1.807) is 31.2 Å². The highest BCUT2D eigenvalue weighted by atomic mass is 35.5. The maximum atomic E-state index is 13.4. The summed E-state index contributed by atoms with van der Waals surface area (Å²) in [7, 11) is 1.33. The maximum Gasteiger partial charge on any atom is 0.336 e. The van der Waals surface area contributed by atoms with Gasteiger partial charge in [-0.3, -0.25) is 4.79 Å². The van der Waals surface area contributed by atoms with Gasteiger partial charge in [-0.15, -0.1) is 0 Å². The molecule has 5 nitrogen and oxygen atoms in total. The Morgan fingerprint density at radius 2 is 1.74 bits per heavy atom. The van der Waals surface area contributed by atoms with Gasteiger partial charge in [0.05, 0.1) is 24.3 Å². The Bertz CT molecular complexity index is 1300. The molecule has 6 heteroatoms. The van der Waals surface area contributed by atoms with E-state index >= 15 is 0 Å². The SMILES string of the molecule is COC(=O)C1=C(C)NC2=C(C(=O)c3ccccc32)C1c1ccc(-c2ccc(Cl)cc2)o1. The van der Waals surface area contributed by atoms with Gasteiger partial charge in [-0.2, -0.15) is 0 Å². The quantitative estimate of drug-likeness (QED) is 0.567. The first kappa shape index (κ1) is 19.4. The molecule has 0 saturated heterocycles. The van der Waals surface area contributed by atoms with Gasteiger partial charge in [0.15, 0.2) is 5.78 Å². The molecule has 5 rings (SSSR count). The Kier molecular flexibility index (Phi) is 4.56. The number of hydrogen-bond acceptors (Lipinski definition) is 5. The minimum absolute atomic E-state index is 0.124. The average molecular weight is 432 g/mol. The fourth-order valence-electron chi connectivity index (χ4n) is 4.27. The van der Waals surface area contributed by atoms with Crippen LogP contribution >= 0.6 is 11.6 Å². The number of dihydropyridines is 1. The number of fused-ring (bicyclic) bond motifs is 2. The molecule has 2 aromatic carbocycles. The van der Waals surface area contributed by atoms with Gasteiger partial charge in [-0.1, -0.05) is 35.9 Å². The lowest BCUT2D eigenvalue weighted by Crippen LogP contribution is -2.28. The van der Waals surface area contributed by atoms with Crippen molar-refractivity contribution in [3.05, 3.63) is 99.4 Å². The van der Waals surface area contributed by atoms with Crippen LogP contribution in [0.25, 0.3) is 17.0 Å². The van der Waals surface area contributed by atoms with E-state index in [0.717, 1.165) is 11.1 Å². The molecule has 0 bridgehead atoms. The summed E-state index contributed by atoms with van der Waals surface area (Å²) < 4.78 is 11.2. The number of esters is 1. The zero-order valence-electron chi connectivity index (χ0n) is 16.9. The van der Waals surface area contributed by atoms with Crippen LogP contribution in [0.4, 0.5) is 0 Å². The number of furan rings is 1. The molecule has 0 spiro atoms. The summed E-state index contributed by atoms with van der Waals surface area (Å²) in [4.78, 5) is 26.1. The number of allylic oxidation sites excluding steroid dienone is 2. The van der Waals surface area contributed by atoms with Crippen LogP contribution in [0, 0.1) is 0 Å². The number of hydrogen-bond donors (Lipinski definition) is 1. The number of carbonyl (C=O) groups excluding carboxylic acids is 2. The molecule has 2 heterocycles. The Morgan fingerprint density at radius 3 is 2.45 bits per heavy atom. The predicted octanol–water partition coefficient (Wildman–Crippen LogP) is 5.34. The molecule has 1 aromatic heterocycles. The van der Waals surface area contributed by atoms with E-state index in [1.165, 1.54) is 7.11 Å². The molecule has 0 saturated carbocycles. The number of ether oxygens (including phenoxy) is 1. The summed E-state index contributed by atoms with van der Waals surface area (Å²) in [6.45, 7) is 1.80. The molecule has 3 aromatic rings. The van der Waals surface area contributed by atoms with E-state index in [4.69, 9.17) is 20.8 Å². The van der Waals surface area contributed by atoms with Gasteiger partial charge < -0.3 is 14.5 Å². The summed E-state index contributed by atoms with van der Waals surface area (Å²) >= 11 is 5.99. The van der Waals surface area contributed by atoms with Crippen LogP contribution < -0.4 is 5.32 Å². The molecule has 0 amide bonds. The van der Waals surface area contributed by atoms with E-state index in [2.05, 4.69) is 5.32 Å². The molecule has 1 aliphatic heterocycles. The lowest BCUT2D eigenvalue weighted by atomic mass is 9.83. The van der Waals surface area contributed by atoms with Gasteiger partial charge >= 0.3 is 5.97 Å². The van der Waals surface area contributed by atoms with Gasteiger partial charge in [0, 0.05) is 33.0 Å². The van der Waals surface area contributed by atoms with Gasteiger partial charge in [-0.05, 0) is 43.3 Å². The number of benzene rings is 2. The summed E-state index contributed by atoms with van der Waals surface area (Å²) in [5.41, 5.74) is 4.46. The van der Waals surface area contributed by atoms with E-state index < -0.39 is 11.9 Å². The second kappa shape index (κ2) is 7.29. The highest BCUT2D eigenvalue weighted by Crippen LogP contribution is 2.47. The van der Waals surface area contributed by atoms with Crippen molar-refractivity contribution >= 4 is 29.1 Å². The van der Waals surface area contributed by atoms with Gasteiger partial charge in [0.25, 0.3) is 0 Å². The van der Waals surface area contributed by atoms with Crippen molar-refractivity contribution in [1.82, 2.24) is 5.32 Å². The highest BCUT2D eigenvalue weighted by Gasteiger charge is 2.44. The molecule has 154 valence electrons. The summed E-state index contributed by atoms with van der Waals surface area (Å²) in [5.74, 6) is -0.183. The average Bonchev–Trinajstić information content (AvgIpc) is 3.37. The standard InChI is InChI=1S/C25H18ClNO4/c1-13-20(25(29)30-2)21(19-12-11-18(31-19)14-7-9-15(26)10-8-14)22-23(27-13)16-5-3-4-6-17(16)24(22)28/h3-12,21,27H,1-2H3.